The Bertz CT molecular complexity index is 295. The maximum Gasteiger partial charge on any atom is 0.309 e. The van der Waals surface area contributed by atoms with Crippen molar-refractivity contribution in [2.75, 3.05) is 13.1 Å². The van der Waals surface area contributed by atoms with Crippen LogP contribution in [0.1, 0.15) is 58.8 Å². The molecule has 3 heteroatoms. The first-order valence-electron chi connectivity index (χ1n) is 7.52. The van der Waals surface area contributed by atoms with Crippen LogP contribution in [0.5, 0.6) is 0 Å². The van der Waals surface area contributed by atoms with Crippen molar-refractivity contribution in [2.45, 2.75) is 64.8 Å². The number of carboxylic acids is 1. The van der Waals surface area contributed by atoms with Crippen molar-refractivity contribution in [1.29, 1.82) is 0 Å². The third-order valence-corrected chi connectivity index (χ3v) is 5.27. The van der Waals surface area contributed by atoms with Gasteiger partial charge in [-0.1, -0.05) is 26.2 Å². The third-order valence-electron chi connectivity index (χ3n) is 5.27. The fourth-order valence-electron chi connectivity index (χ4n) is 3.56. The normalized spacial score (nSPS) is 33.2. The molecule has 0 aromatic rings. The Kier molecular flexibility index (Phi) is 4.31. The van der Waals surface area contributed by atoms with E-state index in [-0.39, 0.29) is 0 Å². The number of hydrogen-bond donors (Lipinski definition) is 1. The van der Waals surface area contributed by atoms with Crippen LogP contribution in [-0.2, 0) is 4.79 Å². The molecular formula is C15H27NO2. The zero-order valence-corrected chi connectivity index (χ0v) is 11.8. The minimum absolute atomic E-state index is 0.477. The van der Waals surface area contributed by atoms with Crippen molar-refractivity contribution >= 4 is 5.97 Å². The number of piperidine rings is 1. The number of carboxylic acid groups (broad SMARTS) is 1. The summed E-state index contributed by atoms with van der Waals surface area (Å²) in [4.78, 5) is 13.8. The van der Waals surface area contributed by atoms with Crippen molar-refractivity contribution in [3.63, 3.8) is 0 Å². The minimum Gasteiger partial charge on any atom is -0.481 e. The molecule has 1 aliphatic heterocycles. The van der Waals surface area contributed by atoms with Crippen LogP contribution < -0.4 is 0 Å². The average molecular weight is 253 g/mol. The highest BCUT2D eigenvalue weighted by Crippen LogP contribution is 2.36. The Morgan fingerprint density at radius 3 is 2.56 bits per heavy atom. The Labute approximate surface area is 111 Å². The SMILES string of the molecule is CCC1CCCC(N2CCC(C)(C(=O)O)CC2)C1. The van der Waals surface area contributed by atoms with Crippen LogP contribution in [0.4, 0.5) is 0 Å². The average Bonchev–Trinajstić information content (AvgIpc) is 2.39. The minimum atomic E-state index is -0.614. The van der Waals surface area contributed by atoms with Crippen molar-refractivity contribution in [3.8, 4) is 0 Å². The standard InChI is InChI=1S/C15H27NO2/c1-3-12-5-4-6-13(11-12)16-9-7-15(2,8-10-16)14(17)18/h12-13H,3-11H2,1-2H3,(H,17,18). The second-order valence-electron chi connectivity index (χ2n) is 6.50. The van der Waals surface area contributed by atoms with Gasteiger partial charge in [0.05, 0.1) is 5.41 Å². The fourth-order valence-corrected chi connectivity index (χ4v) is 3.56. The van der Waals surface area contributed by atoms with Gasteiger partial charge in [0.1, 0.15) is 0 Å². The molecule has 2 atom stereocenters. The van der Waals surface area contributed by atoms with Gasteiger partial charge >= 0.3 is 5.97 Å². The van der Waals surface area contributed by atoms with E-state index < -0.39 is 11.4 Å². The van der Waals surface area contributed by atoms with Crippen LogP contribution >= 0.6 is 0 Å². The first-order valence-corrected chi connectivity index (χ1v) is 7.52. The number of likely N-dealkylation sites (tertiary alicyclic amines) is 1. The summed E-state index contributed by atoms with van der Waals surface area (Å²) in [5, 5.41) is 9.26. The lowest BCUT2D eigenvalue weighted by Crippen LogP contribution is -2.48. The van der Waals surface area contributed by atoms with Gasteiger partial charge in [0.25, 0.3) is 0 Å². The molecule has 3 nitrogen and oxygen atoms in total. The van der Waals surface area contributed by atoms with E-state index in [9.17, 15) is 9.90 Å². The van der Waals surface area contributed by atoms with E-state index in [1.807, 2.05) is 6.92 Å². The summed E-state index contributed by atoms with van der Waals surface area (Å²) in [5.41, 5.74) is -0.477. The summed E-state index contributed by atoms with van der Waals surface area (Å²) < 4.78 is 0. The predicted molar refractivity (Wildman–Crippen MR) is 72.6 cm³/mol. The van der Waals surface area contributed by atoms with Crippen molar-refractivity contribution in [1.82, 2.24) is 4.90 Å². The van der Waals surface area contributed by atoms with Crippen LogP contribution in [0, 0.1) is 11.3 Å². The van der Waals surface area contributed by atoms with E-state index in [0.717, 1.165) is 37.9 Å². The molecule has 1 saturated heterocycles. The number of hydrogen-bond acceptors (Lipinski definition) is 2. The molecule has 0 amide bonds. The molecule has 0 radical (unpaired) electrons. The molecule has 0 aromatic carbocycles. The van der Waals surface area contributed by atoms with Gasteiger partial charge in [-0.2, -0.15) is 0 Å². The van der Waals surface area contributed by atoms with Crippen LogP contribution in [0.25, 0.3) is 0 Å². The lowest BCUT2D eigenvalue weighted by Gasteiger charge is -2.43. The smallest absolute Gasteiger partial charge is 0.309 e. The summed E-state index contributed by atoms with van der Waals surface area (Å²) in [5.74, 6) is 0.286. The van der Waals surface area contributed by atoms with Gasteiger partial charge in [0, 0.05) is 6.04 Å². The van der Waals surface area contributed by atoms with Crippen LogP contribution in [0.3, 0.4) is 0 Å². The molecule has 2 unspecified atom stereocenters. The quantitative estimate of drug-likeness (QED) is 0.840. The first-order chi connectivity index (χ1) is 8.55. The molecule has 2 rings (SSSR count). The van der Waals surface area contributed by atoms with Crippen LogP contribution in [0.2, 0.25) is 0 Å². The van der Waals surface area contributed by atoms with Crippen LogP contribution in [-0.4, -0.2) is 35.1 Å². The highest BCUT2D eigenvalue weighted by Gasteiger charge is 2.39. The van der Waals surface area contributed by atoms with E-state index in [0.29, 0.717) is 0 Å². The highest BCUT2D eigenvalue weighted by molar-refractivity contribution is 5.74. The van der Waals surface area contributed by atoms with Gasteiger partial charge in [-0.05, 0) is 51.6 Å². The largest absolute Gasteiger partial charge is 0.481 e. The van der Waals surface area contributed by atoms with Crippen molar-refractivity contribution in [3.05, 3.63) is 0 Å². The summed E-state index contributed by atoms with van der Waals surface area (Å²) in [6.45, 7) is 6.15. The molecule has 1 aliphatic carbocycles. The number of nitrogens with zero attached hydrogens (tertiary/aromatic N) is 1. The number of rotatable bonds is 3. The third kappa shape index (κ3) is 2.87. The molecule has 1 N–H and O–H groups in total. The van der Waals surface area contributed by atoms with Crippen molar-refractivity contribution in [2.24, 2.45) is 11.3 Å². The highest BCUT2D eigenvalue weighted by atomic mass is 16.4. The molecule has 2 aliphatic rings. The maximum absolute atomic E-state index is 11.2. The molecule has 1 heterocycles. The Morgan fingerprint density at radius 1 is 1.33 bits per heavy atom. The van der Waals surface area contributed by atoms with E-state index in [4.69, 9.17) is 0 Å². The molecule has 0 bridgehead atoms. The fraction of sp³-hybridized carbons (Fsp3) is 0.933. The van der Waals surface area contributed by atoms with Gasteiger partial charge in [-0.3, -0.25) is 4.79 Å². The van der Waals surface area contributed by atoms with Gasteiger partial charge in [-0.25, -0.2) is 0 Å². The second-order valence-corrected chi connectivity index (χ2v) is 6.50. The summed E-state index contributed by atoms with van der Waals surface area (Å²) in [6, 6.07) is 0.724. The predicted octanol–water partition coefficient (Wildman–Crippen LogP) is 3.14. The van der Waals surface area contributed by atoms with E-state index in [1.54, 1.807) is 0 Å². The lowest BCUT2D eigenvalue weighted by atomic mass is 9.78. The van der Waals surface area contributed by atoms with Crippen LogP contribution in [0.15, 0.2) is 0 Å². The first kappa shape index (κ1) is 13.9. The zero-order valence-electron chi connectivity index (χ0n) is 11.8. The molecule has 0 spiro atoms. The molecular weight excluding hydrogens is 226 g/mol. The second kappa shape index (κ2) is 5.60. The summed E-state index contributed by atoms with van der Waals surface area (Å²) in [6.07, 6.45) is 8.34. The number of carbonyl (C=O) groups is 1. The molecule has 0 aromatic heterocycles. The Balaban J connectivity index is 1.87. The summed E-state index contributed by atoms with van der Waals surface area (Å²) in [7, 11) is 0. The molecule has 2 fully saturated rings. The number of aliphatic carboxylic acids is 1. The topological polar surface area (TPSA) is 40.5 Å². The van der Waals surface area contributed by atoms with Gasteiger partial charge < -0.3 is 10.0 Å². The van der Waals surface area contributed by atoms with E-state index in [1.165, 1.54) is 32.1 Å². The van der Waals surface area contributed by atoms with Gasteiger partial charge in [-0.15, -0.1) is 0 Å². The molecule has 104 valence electrons. The van der Waals surface area contributed by atoms with E-state index in [2.05, 4.69) is 11.8 Å². The maximum atomic E-state index is 11.2. The summed E-state index contributed by atoms with van der Waals surface area (Å²) >= 11 is 0. The Hall–Kier alpha value is -0.570. The van der Waals surface area contributed by atoms with Gasteiger partial charge in [0.15, 0.2) is 0 Å². The lowest BCUT2D eigenvalue weighted by molar-refractivity contribution is -0.151. The zero-order chi connectivity index (χ0) is 13.2. The molecule has 18 heavy (non-hydrogen) atoms. The van der Waals surface area contributed by atoms with Gasteiger partial charge in [0.2, 0.25) is 0 Å². The Morgan fingerprint density at radius 2 is 2.00 bits per heavy atom. The van der Waals surface area contributed by atoms with Crippen molar-refractivity contribution < 1.29 is 9.90 Å². The van der Waals surface area contributed by atoms with E-state index >= 15 is 0 Å². The molecule has 1 saturated carbocycles. The monoisotopic (exact) mass is 253 g/mol.